The molecule has 1 fully saturated rings. The maximum atomic E-state index is 15.2. The molecule has 1 saturated carbocycles. The number of aryl methyl sites for hydroxylation is 1. The molecule has 1 aliphatic rings. The Morgan fingerprint density at radius 3 is 1.95 bits per heavy atom. The van der Waals surface area contributed by atoms with Gasteiger partial charge >= 0.3 is 0 Å². The number of rotatable bonds is 13. The highest BCUT2D eigenvalue weighted by Gasteiger charge is 2.24. The molecule has 210 valence electrons. The summed E-state index contributed by atoms with van der Waals surface area (Å²) in [5.41, 5.74) is 3.83. The Bertz CT molecular complexity index is 1170. The van der Waals surface area contributed by atoms with Crippen LogP contribution in [0.15, 0.2) is 54.6 Å². The van der Waals surface area contributed by atoms with E-state index in [0.717, 1.165) is 54.7 Å². The van der Waals surface area contributed by atoms with E-state index in [2.05, 4.69) is 13.8 Å². The van der Waals surface area contributed by atoms with Crippen molar-refractivity contribution in [3.05, 3.63) is 83.2 Å². The first-order valence-electron chi connectivity index (χ1n) is 15.4. The monoisotopic (exact) mass is 534 g/mol. The average Bonchev–Trinajstić information content (AvgIpc) is 2.96. The van der Waals surface area contributed by atoms with Crippen molar-refractivity contribution in [1.29, 1.82) is 0 Å². The van der Waals surface area contributed by atoms with Crippen LogP contribution in [0.2, 0.25) is 0 Å². The summed E-state index contributed by atoms with van der Waals surface area (Å²) >= 11 is 0. The van der Waals surface area contributed by atoms with Gasteiger partial charge in [-0.05, 0) is 84.2 Å². The molecular weight excluding hydrogens is 489 g/mol. The zero-order valence-corrected chi connectivity index (χ0v) is 23.9. The molecule has 0 bridgehead atoms. The summed E-state index contributed by atoms with van der Waals surface area (Å²) in [6.07, 6.45) is 16.0. The van der Waals surface area contributed by atoms with Crippen LogP contribution in [0.25, 0.3) is 22.3 Å². The van der Waals surface area contributed by atoms with Crippen LogP contribution < -0.4 is 0 Å². The molecule has 3 aromatic rings. The molecule has 3 heteroatoms. The largest absolute Gasteiger partial charge is 0.207 e. The molecule has 4 rings (SSSR count). The van der Waals surface area contributed by atoms with Gasteiger partial charge in [0, 0.05) is 5.56 Å². The van der Waals surface area contributed by atoms with Gasteiger partial charge in [-0.25, -0.2) is 13.2 Å². The molecule has 1 aliphatic carbocycles. The lowest BCUT2D eigenvalue weighted by Gasteiger charge is -2.29. The van der Waals surface area contributed by atoms with Gasteiger partial charge in [0.05, 0.1) is 0 Å². The number of unbranched alkanes of at least 4 members (excludes halogenated alkanes) is 6. The van der Waals surface area contributed by atoms with Crippen molar-refractivity contribution in [2.24, 2.45) is 5.92 Å². The molecule has 0 aromatic heterocycles. The number of halogens is 3. The van der Waals surface area contributed by atoms with Crippen molar-refractivity contribution in [3.8, 4) is 22.3 Å². The summed E-state index contributed by atoms with van der Waals surface area (Å²) in [4.78, 5) is 0. The van der Waals surface area contributed by atoms with Gasteiger partial charge in [-0.15, -0.1) is 0 Å². The smallest absolute Gasteiger partial charge is 0.166 e. The zero-order valence-electron chi connectivity index (χ0n) is 23.9. The van der Waals surface area contributed by atoms with Crippen LogP contribution in [-0.4, -0.2) is 0 Å². The summed E-state index contributed by atoms with van der Waals surface area (Å²) in [5, 5.41) is 0. The molecule has 3 aromatic carbocycles. The molecular formula is C36H45F3. The Morgan fingerprint density at radius 2 is 1.26 bits per heavy atom. The Morgan fingerprint density at radius 1 is 0.615 bits per heavy atom. The second-order valence-corrected chi connectivity index (χ2v) is 11.6. The highest BCUT2D eigenvalue weighted by Crippen LogP contribution is 2.39. The lowest BCUT2D eigenvalue weighted by molar-refractivity contribution is 0.298. The first-order chi connectivity index (χ1) is 19.0. The second kappa shape index (κ2) is 14.7. The molecule has 0 saturated heterocycles. The van der Waals surface area contributed by atoms with Crippen LogP contribution in [0.3, 0.4) is 0 Å². The summed E-state index contributed by atoms with van der Waals surface area (Å²) in [6, 6.07) is 16.3. The Balaban J connectivity index is 1.37. The van der Waals surface area contributed by atoms with E-state index in [4.69, 9.17) is 0 Å². The van der Waals surface area contributed by atoms with E-state index in [9.17, 15) is 8.78 Å². The normalized spacial score (nSPS) is 17.5. The number of hydrogen-bond acceptors (Lipinski definition) is 0. The molecule has 0 unspecified atom stereocenters. The highest BCUT2D eigenvalue weighted by atomic mass is 19.2. The molecule has 0 nitrogen and oxygen atoms in total. The van der Waals surface area contributed by atoms with Crippen molar-refractivity contribution in [3.63, 3.8) is 0 Å². The van der Waals surface area contributed by atoms with Gasteiger partial charge in [0.1, 0.15) is 5.82 Å². The van der Waals surface area contributed by atoms with Crippen LogP contribution >= 0.6 is 0 Å². The molecule has 0 N–H and O–H groups in total. The topological polar surface area (TPSA) is 0 Å². The van der Waals surface area contributed by atoms with E-state index in [0.29, 0.717) is 23.5 Å². The van der Waals surface area contributed by atoms with E-state index < -0.39 is 11.6 Å². The molecule has 0 heterocycles. The number of benzene rings is 3. The summed E-state index contributed by atoms with van der Waals surface area (Å²) < 4.78 is 44.8. The maximum Gasteiger partial charge on any atom is 0.166 e. The Kier molecular flexibility index (Phi) is 11.1. The van der Waals surface area contributed by atoms with Crippen molar-refractivity contribution >= 4 is 0 Å². The van der Waals surface area contributed by atoms with Crippen molar-refractivity contribution in [2.75, 3.05) is 0 Å². The fraction of sp³-hybridized carbons (Fsp3) is 0.500. The maximum absolute atomic E-state index is 15.2. The predicted molar refractivity (Wildman–Crippen MR) is 158 cm³/mol. The van der Waals surface area contributed by atoms with Crippen molar-refractivity contribution < 1.29 is 13.2 Å². The fourth-order valence-corrected chi connectivity index (χ4v) is 6.25. The first-order valence-corrected chi connectivity index (χ1v) is 15.4. The van der Waals surface area contributed by atoms with Gasteiger partial charge in [-0.1, -0.05) is 114 Å². The summed E-state index contributed by atoms with van der Waals surface area (Å²) in [7, 11) is 0. The standard InChI is InChI=1S/C36H45F3/c1-3-5-7-8-10-11-26-13-15-28(16-14-26)32-23-22-31(25-34(32)37)27-17-19-29(20-18-27)33-24-21-30(12-9-6-4-2)35(38)36(33)39/h17-26,28H,3-16H2,1-2H3. The molecule has 0 atom stereocenters. The molecule has 39 heavy (non-hydrogen) atoms. The lowest BCUT2D eigenvalue weighted by Crippen LogP contribution is -2.14. The van der Waals surface area contributed by atoms with Gasteiger partial charge < -0.3 is 0 Å². The third kappa shape index (κ3) is 7.77. The average molecular weight is 535 g/mol. The van der Waals surface area contributed by atoms with Crippen LogP contribution in [0.1, 0.15) is 114 Å². The second-order valence-electron chi connectivity index (χ2n) is 11.6. The summed E-state index contributed by atoms with van der Waals surface area (Å²) in [5.74, 6) is -0.559. The van der Waals surface area contributed by atoms with Crippen molar-refractivity contribution in [2.45, 2.75) is 110 Å². The Hall–Kier alpha value is -2.55. The van der Waals surface area contributed by atoms with E-state index in [-0.39, 0.29) is 11.4 Å². The third-order valence-electron chi connectivity index (χ3n) is 8.74. The van der Waals surface area contributed by atoms with Gasteiger partial charge in [-0.3, -0.25) is 0 Å². The molecule has 0 radical (unpaired) electrons. The van der Waals surface area contributed by atoms with Gasteiger partial charge in [0.15, 0.2) is 11.6 Å². The van der Waals surface area contributed by atoms with Crippen LogP contribution in [0.4, 0.5) is 13.2 Å². The SMILES string of the molecule is CCCCCCCC1CCC(c2ccc(-c3ccc(-c4ccc(CCCCC)c(F)c4F)cc3)cc2F)CC1. The van der Waals surface area contributed by atoms with E-state index in [1.807, 2.05) is 24.3 Å². The lowest BCUT2D eigenvalue weighted by atomic mass is 9.76. The predicted octanol–water partition coefficient (Wildman–Crippen LogP) is 11.8. The first kappa shape index (κ1) is 29.4. The van der Waals surface area contributed by atoms with Crippen LogP contribution in [-0.2, 0) is 6.42 Å². The van der Waals surface area contributed by atoms with E-state index in [1.165, 1.54) is 51.4 Å². The third-order valence-corrected chi connectivity index (χ3v) is 8.74. The highest BCUT2D eigenvalue weighted by molar-refractivity contribution is 5.71. The fourth-order valence-electron chi connectivity index (χ4n) is 6.25. The van der Waals surface area contributed by atoms with Crippen LogP contribution in [0.5, 0.6) is 0 Å². The molecule has 0 aliphatic heterocycles. The minimum Gasteiger partial charge on any atom is -0.207 e. The minimum atomic E-state index is -0.793. The number of hydrogen-bond donors (Lipinski definition) is 0. The summed E-state index contributed by atoms with van der Waals surface area (Å²) in [6.45, 7) is 4.35. The van der Waals surface area contributed by atoms with E-state index >= 15 is 4.39 Å². The Labute approximate surface area is 234 Å². The van der Waals surface area contributed by atoms with Crippen molar-refractivity contribution in [1.82, 2.24) is 0 Å². The quantitative estimate of drug-likeness (QED) is 0.191. The van der Waals surface area contributed by atoms with Gasteiger partial charge in [0.2, 0.25) is 0 Å². The van der Waals surface area contributed by atoms with E-state index in [1.54, 1.807) is 30.3 Å². The zero-order chi connectivity index (χ0) is 27.6. The van der Waals surface area contributed by atoms with Gasteiger partial charge in [0.25, 0.3) is 0 Å². The van der Waals surface area contributed by atoms with Gasteiger partial charge in [-0.2, -0.15) is 0 Å². The van der Waals surface area contributed by atoms with Crippen LogP contribution in [0, 0.1) is 23.4 Å². The molecule has 0 amide bonds. The minimum absolute atomic E-state index is 0.133. The molecule has 0 spiro atoms.